The second-order valence-corrected chi connectivity index (χ2v) is 8.17. The van der Waals surface area contributed by atoms with Gasteiger partial charge in [-0.25, -0.2) is 0 Å². The molecule has 1 heterocycles. The monoisotopic (exact) mass is 494 g/mol. The van der Waals surface area contributed by atoms with Gasteiger partial charge in [0.05, 0.1) is 5.75 Å². The van der Waals surface area contributed by atoms with E-state index in [1.54, 1.807) is 0 Å². The van der Waals surface area contributed by atoms with Crippen molar-refractivity contribution in [3.8, 4) is 11.4 Å². The van der Waals surface area contributed by atoms with Crippen molar-refractivity contribution >= 4 is 55.2 Å². The van der Waals surface area contributed by atoms with Gasteiger partial charge in [0.25, 0.3) is 0 Å². The third-order valence-electron chi connectivity index (χ3n) is 3.60. The van der Waals surface area contributed by atoms with Crippen molar-refractivity contribution in [1.82, 2.24) is 14.8 Å². The zero-order chi connectivity index (χ0) is 18.5. The van der Waals surface area contributed by atoms with Crippen molar-refractivity contribution in [2.24, 2.45) is 0 Å². The summed E-state index contributed by atoms with van der Waals surface area (Å²) in [4.78, 5) is 12.2. The molecular weight excluding hydrogens is 480 g/mol. The number of anilines is 1. The summed E-state index contributed by atoms with van der Waals surface area (Å²) >= 11 is 8.19. The maximum Gasteiger partial charge on any atom is 0.234 e. The number of amides is 1. The molecule has 0 aliphatic carbocycles. The van der Waals surface area contributed by atoms with Gasteiger partial charge in [-0.3, -0.25) is 4.79 Å². The molecule has 134 valence electrons. The minimum absolute atomic E-state index is 0.0758. The second-order valence-electron chi connectivity index (χ2n) is 5.40. The fourth-order valence-corrected chi connectivity index (χ4v) is 3.68. The van der Waals surface area contributed by atoms with Crippen LogP contribution in [0.25, 0.3) is 11.4 Å². The van der Waals surface area contributed by atoms with E-state index in [4.69, 9.17) is 0 Å². The summed E-state index contributed by atoms with van der Waals surface area (Å²) in [6, 6.07) is 15.4. The van der Waals surface area contributed by atoms with Gasteiger partial charge in [0.2, 0.25) is 5.91 Å². The van der Waals surface area contributed by atoms with E-state index in [1.165, 1.54) is 11.8 Å². The molecule has 5 nitrogen and oxygen atoms in total. The quantitative estimate of drug-likeness (QED) is 0.476. The molecule has 0 aliphatic heterocycles. The van der Waals surface area contributed by atoms with Crippen LogP contribution in [0.4, 0.5) is 5.69 Å². The third-order valence-corrected chi connectivity index (χ3v) is 5.62. The molecule has 0 spiro atoms. The van der Waals surface area contributed by atoms with Gasteiger partial charge in [-0.1, -0.05) is 55.8 Å². The van der Waals surface area contributed by atoms with Crippen molar-refractivity contribution in [3.05, 3.63) is 57.5 Å². The molecule has 3 aromatic rings. The first-order chi connectivity index (χ1) is 12.6. The lowest BCUT2D eigenvalue weighted by atomic mass is 10.2. The summed E-state index contributed by atoms with van der Waals surface area (Å²) in [6.45, 7) is 2.77. The van der Waals surface area contributed by atoms with Crippen molar-refractivity contribution in [3.63, 3.8) is 0 Å². The van der Waals surface area contributed by atoms with E-state index < -0.39 is 0 Å². The molecule has 3 rings (SSSR count). The molecule has 26 heavy (non-hydrogen) atoms. The number of aromatic nitrogens is 3. The van der Waals surface area contributed by atoms with Crippen LogP contribution >= 0.6 is 43.6 Å². The molecule has 1 N–H and O–H groups in total. The van der Waals surface area contributed by atoms with Crippen LogP contribution in [0.15, 0.2) is 62.6 Å². The minimum atomic E-state index is -0.0758. The first-order valence-electron chi connectivity index (χ1n) is 7.94. The summed E-state index contributed by atoms with van der Waals surface area (Å²) in [7, 11) is 0. The van der Waals surface area contributed by atoms with Gasteiger partial charge in [0.1, 0.15) is 0 Å². The zero-order valence-corrected chi connectivity index (χ0v) is 17.9. The Morgan fingerprint density at radius 3 is 2.27 bits per heavy atom. The number of rotatable bonds is 6. The van der Waals surface area contributed by atoms with Gasteiger partial charge in [-0.05, 0) is 43.3 Å². The van der Waals surface area contributed by atoms with Crippen molar-refractivity contribution in [2.75, 3.05) is 11.1 Å². The van der Waals surface area contributed by atoms with Crippen LogP contribution in [0.2, 0.25) is 0 Å². The molecule has 0 saturated heterocycles. The van der Waals surface area contributed by atoms with E-state index in [2.05, 4.69) is 47.4 Å². The van der Waals surface area contributed by atoms with Gasteiger partial charge in [0, 0.05) is 26.7 Å². The highest BCUT2D eigenvalue weighted by Gasteiger charge is 2.14. The molecule has 0 radical (unpaired) electrons. The number of carbonyl (C=O) groups is 1. The van der Waals surface area contributed by atoms with E-state index in [-0.39, 0.29) is 11.7 Å². The number of thioether (sulfide) groups is 1. The van der Waals surface area contributed by atoms with Crippen LogP contribution in [-0.4, -0.2) is 26.4 Å². The topological polar surface area (TPSA) is 59.8 Å². The van der Waals surface area contributed by atoms with Crippen LogP contribution in [-0.2, 0) is 11.3 Å². The number of nitrogens with zero attached hydrogens (tertiary/aromatic N) is 3. The Kier molecular flexibility index (Phi) is 6.50. The van der Waals surface area contributed by atoms with Gasteiger partial charge >= 0.3 is 0 Å². The van der Waals surface area contributed by atoms with E-state index in [1.807, 2.05) is 60.0 Å². The summed E-state index contributed by atoms with van der Waals surface area (Å²) in [5.74, 6) is 0.998. The van der Waals surface area contributed by atoms with Gasteiger partial charge in [-0.2, -0.15) is 0 Å². The number of carbonyl (C=O) groups excluding carboxylic acids is 1. The maximum absolute atomic E-state index is 12.2. The Morgan fingerprint density at radius 1 is 1.04 bits per heavy atom. The lowest BCUT2D eigenvalue weighted by Crippen LogP contribution is -2.14. The lowest BCUT2D eigenvalue weighted by Gasteiger charge is -2.08. The van der Waals surface area contributed by atoms with Gasteiger partial charge in [0.15, 0.2) is 11.0 Å². The van der Waals surface area contributed by atoms with E-state index in [9.17, 15) is 4.79 Å². The van der Waals surface area contributed by atoms with Crippen LogP contribution in [0.5, 0.6) is 0 Å². The zero-order valence-electron chi connectivity index (χ0n) is 13.9. The summed E-state index contributed by atoms with van der Waals surface area (Å²) in [5.41, 5.74) is 1.76. The fraction of sp³-hybridized carbons (Fsp3) is 0.167. The minimum Gasteiger partial charge on any atom is -0.325 e. The predicted octanol–water partition coefficient (Wildman–Crippen LogP) is 5.22. The molecule has 8 heteroatoms. The summed E-state index contributed by atoms with van der Waals surface area (Å²) in [6.07, 6.45) is 0. The number of hydrogen-bond acceptors (Lipinski definition) is 4. The Hall–Kier alpha value is -1.64. The molecule has 0 saturated carbocycles. The van der Waals surface area contributed by atoms with Gasteiger partial charge in [-0.15, -0.1) is 10.2 Å². The molecule has 0 unspecified atom stereocenters. The SMILES string of the molecule is CCn1c(SCC(=O)Nc2ccc(Br)cc2)nnc1-c1ccc(Br)cc1. The van der Waals surface area contributed by atoms with E-state index >= 15 is 0 Å². The molecule has 2 aromatic carbocycles. The molecular formula is C18H16Br2N4OS. The highest BCUT2D eigenvalue weighted by Crippen LogP contribution is 2.25. The first kappa shape index (κ1) is 19.1. The predicted molar refractivity (Wildman–Crippen MR) is 112 cm³/mol. The van der Waals surface area contributed by atoms with Crippen LogP contribution in [0.1, 0.15) is 6.92 Å². The molecule has 0 bridgehead atoms. The fourth-order valence-electron chi connectivity index (χ4n) is 2.35. The second kappa shape index (κ2) is 8.83. The van der Waals surface area contributed by atoms with E-state index in [0.717, 1.165) is 37.7 Å². The van der Waals surface area contributed by atoms with Crippen molar-refractivity contribution < 1.29 is 4.79 Å². The van der Waals surface area contributed by atoms with Crippen LogP contribution in [0.3, 0.4) is 0 Å². The van der Waals surface area contributed by atoms with Crippen LogP contribution in [0, 0.1) is 0 Å². The number of halogens is 2. The van der Waals surface area contributed by atoms with Crippen molar-refractivity contribution in [1.29, 1.82) is 0 Å². The lowest BCUT2D eigenvalue weighted by molar-refractivity contribution is -0.113. The smallest absolute Gasteiger partial charge is 0.234 e. The normalized spacial score (nSPS) is 10.7. The first-order valence-corrected chi connectivity index (χ1v) is 10.5. The summed E-state index contributed by atoms with van der Waals surface area (Å²) in [5, 5.41) is 12.2. The average Bonchev–Trinajstić information content (AvgIpc) is 3.05. The Morgan fingerprint density at radius 2 is 1.65 bits per heavy atom. The molecule has 1 aromatic heterocycles. The largest absolute Gasteiger partial charge is 0.325 e. The molecule has 0 fully saturated rings. The Labute approximate surface area is 172 Å². The van der Waals surface area contributed by atoms with Gasteiger partial charge < -0.3 is 9.88 Å². The number of benzene rings is 2. The molecule has 0 aliphatic rings. The Balaban J connectivity index is 1.67. The number of hydrogen-bond donors (Lipinski definition) is 1. The number of nitrogens with one attached hydrogen (secondary N) is 1. The molecule has 1 amide bonds. The highest BCUT2D eigenvalue weighted by atomic mass is 79.9. The van der Waals surface area contributed by atoms with Crippen LogP contribution < -0.4 is 5.32 Å². The van der Waals surface area contributed by atoms with E-state index in [0.29, 0.717) is 0 Å². The molecule has 0 atom stereocenters. The summed E-state index contributed by atoms with van der Waals surface area (Å²) < 4.78 is 4.00. The average molecular weight is 496 g/mol. The maximum atomic E-state index is 12.2. The third kappa shape index (κ3) is 4.75. The standard InChI is InChI=1S/C18H16Br2N4OS/c1-2-24-17(12-3-5-13(19)6-4-12)22-23-18(24)26-11-16(25)21-15-9-7-14(20)8-10-15/h3-10H,2,11H2,1H3,(H,21,25). The highest BCUT2D eigenvalue weighted by molar-refractivity contribution is 9.10. The Bertz CT molecular complexity index is 895. The van der Waals surface area contributed by atoms with Crippen molar-refractivity contribution in [2.45, 2.75) is 18.6 Å².